The van der Waals surface area contributed by atoms with Gasteiger partial charge in [-0.3, -0.25) is 0 Å². The number of hydrogen-bond acceptors (Lipinski definition) is 4. The number of rotatable bonds is 3. The zero-order valence-corrected chi connectivity index (χ0v) is 13.3. The Morgan fingerprint density at radius 3 is 2.55 bits per heavy atom. The van der Waals surface area contributed by atoms with Gasteiger partial charge in [-0.2, -0.15) is 0 Å². The molecule has 7 heteroatoms. The van der Waals surface area contributed by atoms with Gasteiger partial charge in [0.15, 0.2) is 11.5 Å². The van der Waals surface area contributed by atoms with Gasteiger partial charge in [-0.05, 0) is 29.8 Å². The lowest BCUT2D eigenvalue weighted by Crippen LogP contribution is -2.06. The number of ether oxygens (including phenoxy) is 3. The maximum absolute atomic E-state index is 12.1. The van der Waals surface area contributed by atoms with Gasteiger partial charge in [0.25, 0.3) is 0 Å². The molecule has 0 saturated carbocycles. The molecule has 0 amide bonds. The quantitative estimate of drug-likeness (QED) is 0.743. The van der Waals surface area contributed by atoms with Gasteiger partial charge in [-0.15, -0.1) is 0 Å². The number of carbonyl (C=O) groups excluding carboxylic acids is 1. The smallest absolute Gasteiger partial charge is 0.341 e. The van der Waals surface area contributed by atoms with Crippen LogP contribution in [0.15, 0.2) is 30.3 Å². The molecule has 2 aromatic rings. The van der Waals surface area contributed by atoms with Gasteiger partial charge in [0.05, 0.1) is 20.6 Å². The van der Waals surface area contributed by atoms with Crippen molar-refractivity contribution in [2.75, 3.05) is 6.79 Å². The Balaban J connectivity index is 1.76. The largest absolute Gasteiger partial charge is 0.457 e. The molecule has 22 heavy (non-hydrogen) atoms. The maximum Gasteiger partial charge on any atom is 0.341 e. The molecular weight excluding hydrogens is 351 g/mol. The molecule has 0 saturated heterocycles. The van der Waals surface area contributed by atoms with E-state index in [0.29, 0.717) is 22.1 Å². The van der Waals surface area contributed by atoms with E-state index in [-0.39, 0.29) is 29.0 Å². The molecule has 4 nitrogen and oxygen atoms in total. The van der Waals surface area contributed by atoms with E-state index in [0.717, 1.165) is 0 Å². The molecule has 0 aromatic heterocycles. The first-order valence-electron chi connectivity index (χ1n) is 6.25. The summed E-state index contributed by atoms with van der Waals surface area (Å²) in [6.45, 7) is 0.129. The van der Waals surface area contributed by atoms with Gasteiger partial charge in [0.2, 0.25) is 6.79 Å². The summed E-state index contributed by atoms with van der Waals surface area (Å²) in [6, 6.07) is 8.15. The second kappa shape index (κ2) is 6.24. The number of fused-ring (bicyclic) bond motifs is 1. The molecule has 0 N–H and O–H groups in total. The van der Waals surface area contributed by atoms with E-state index in [4.69, 9.17) is 49.0 Å². The summed E-state index contributed by atoms with van der Waals surface area (Å²) in [7, 11) is 0. The Hall–Kier alpha value is -1.62. The number of esters is 1. The van der Waals surface area contributed by atoms with Crippen molar-refractivity contribution in [3.8, 4) is 11.5 Å². The van der Waals surface area contributed by atoms with Crippen LogP contribution in [0.25, 0.3) is 0 Å². The summed E-state index contributed by atoms with van der Waals surface area (Å²) in [5, 5.41) is 0.874. The normalized spacial score (nSPS) is 12.3. The van der Waals surface area contributed by atoms with Crippen LogP contribution in [0, 0.1) is 0 Å². The van der Waals surface area contributed by atoms with Crippen LogP contribution in [-0.4, -0.2) is 12.8 Å². The number of carbonyl (C=O) groups is 1. The van der Waals surface area contributed by atoms with Crippen molar-refractivity contribution < 1.29 is 19.0 Å². The van der Waals surface area contributed by atoms with Gasteiger partial charge >= 0.3 is 5.97 Å². The second-order valence-electron chi connectivity index (χ2n) is 4.48. The van der Waals surface area contributed by atoms with Crippen LogP contribution in [-0.2, 0) is 11.3 Å². The van der Waals surface area contributed by atoms with Crippen molar-refractivity contribution in [2.24, 2.45) is 0 Å². The monoisotopic (exact) mass is 358 g/mol. The molecular formula is C15H9Cl3O4. The molecule has 0 aliphatic carbocycles. The van der Waals surface area contributed by atoms with Crippen LogP contribution in [0.4, 0.5) is 0 Å². The molecule has 0 bridgehead atoms. The maximum atomic E-state index is 12.1. The highest BCUT2D eigenvalue weighted by Crippen LogP contribution is 2.40. The number of hydrogen-bond donors (Lipinski definition) is 0. The Labute approximate surface area is 141 Å². The summed E-state index contributed by atoms with van der Waals surface area (Å²) in [6.07, 6.45) is 0. The average molecular weight is 360 g/mol. The van der Waals surface area contributed by atoms with Crippen LogP contribution in [0.1, 0.15) is 15.9 Å². The van der Waals surface area contributed by atoms with Gasteiger partial charge in [0.1, 0.15) is 6.61 Å². The predicted octanol–water partition coefficient (Wildman–Crippen LogP) is 4.73. The molecule has 0 radical (unpaired) electrons. The molecule has 0 spiro atoms. The zero-order chi connectivity index (χ0) is 15.7. The van der Waals surface area contributed by atoms with E-state index in [1.165, 1.54) is 0 Å². The third kappa shape index (κ3) is 2.95. The van der Waals surface area contributed by atoms with Crippen LogP contribution in [0.3, 0.4) is 0 Å². The highest BCUT2D eigenvalue weighted by atomic mass is 35.5. The van der Waals surface area contributed by atoms with Crippen LogP contribution < -0.4 is 9.47 Å². The third-order valence-corrected chi connectivity index (χ3v) is 3.93. The molecule has 0 fully saturated rings. The fourth-order valence-corrected chi connectivity index (χ4v) is 2.86. The first-order chi connectivity index (χ1) is 10.6. The highest BCUT2D eigenvalue weighted by Gasteiger charge is 2.20. The van der Waals surface area contributed by atoms with Gasteiger partial charge in [0, 0.05) is 0 Å². The molecule has 2 aromatic carbocycles. The lowest BCUT2D eigenvalue weighted by atomic mass is 10.2. The lowest BCUT2D eigenvalue weighted by Gasteiger charge is -2.09. The van der Waals surface area contributed by atoms with Crippen LogP contribution in [0.5, 0.6) is 11.5 Å². The SMILES string of the molecule is O=C(OCc1cc(Cl)c2c(c1)OCO2)c1c(Cl)cccc1Cl. The van der Waals surface area contributed by atoms with E-state index in [2.05, 4.69) is 0 Å². The Morgan fingerprint density at radius 2 is 1.82 bits per heavy atom. The Morgan fingerprint density at radius 1 is 1.09 bits per heavy atom. The average Bonchev–Trinajstić information content (AvgIpc) is 2.94. The summed E-state index contributed by atoms with van der Waals surface area (Å²) in [5.41, 5.74) is 0.809. The van der Waals surface area contributed by atoms with Crippen molar-refractivity contribution in [3.05, 3.63) is 56.5 Å². The third-order valence-electron chi connectivity index (χ3n) is 3.02. The topological polar surface area (TPSA) is 44.8 Å². The molecule has 3 rings (SSSR count). The van der Waals surface area contributed by atoms with E-state index in [1.807, 2.05) is 0 Å². The van der Waals surface area contributed by atoms with Crippen LogP contribution >= 0.6 is 34.8 Å². The minimum absolute atomic E-state index is 0.0107. The standard InChI is InChI=1S/C15H9Cl3O4/c16-9-2-1-3-10(17)13(9)15(19)20-6-8-4-11(18)14-12(5-8)21-7-22-14/h1-5H,6-7H2. The summed E-state index contributed by atoms with van der Waals surface area (Å²) >= 11 is 18.0. The van der Waals surface area contributed by atoms with Gasteiger partial charge in [-0.25, -0.2) is 4.79 Å². The van der Waals surface area contributed by atoms with Crippen molar-refractivity contribution in [1.29, 1.82) is 0 Å². The number of halogens is 3. The number of benzene rings is 2. The summed E-state index contributed by atoms with van der Waals surface area (Å²) < 4.78 is 15.7. The van der Waals surface area contributed by atoms with E-state index < -0.39 is 5.97 Å². The fraction of sp³-hybridized carbons (Fsp3) is 0.133. The van der Waals surface area contributed by atoms with Crippen molar-refractivity contribution in [1.82, 2.24) is 0 Å². The van der Waals surface area contributed by atoms with E-state index >= 15 is 0 Å². The van der Waals surface area contributed by atoms with Gasteiger partial charge < -0.3 is 14.2 Å². The second-order valence-corrected chi connectivity index (χ2v) is 5.71. The molecule has 0 atom stereocenters. The zero-order valence-electron chi connectivity index (χ0n) is 11.1. The molecule has 0 unspecified atom stereocenters. The predicted molar refractivity (Wildman–Crippen MR) is 83.2 cm³/mol. The summed E-state index contributed by atoms with van der Waals surface area (Å²) in [4.78, 5) is 12.1. The van der Waals surface area contributed by atoms with Crippen LogP contribution in [0.2, 0.25) is 15.1 Å². The van der Waals surface area contributed by atoms with Crippen molar-refractivity contribution in [2.45, 2.75) is 6.61 Å². The highest BCUT2D eigenvalue weighted by molar-refractivity contribution is 6.39. The van der Waals surface area contributed by atoms with E-state index in [9.17, 15) is 4.79 Å². The minimum Gasteiger partial charge on any atom is -0.457 e. The van der Waals surface area contributed by atoms with E-state index in [1.54, 1.807) is 30.3 Å². The fourth-order valence-electron chi connectivity index (χ4n) is 2.02. The molecule has 114 valence electrons. The molecule has 1 aliphatic rings. The van der Waals surface area contributed by atoms with Crippen molar-refractivity contribution in [3.63, 3.8) is 0 Å². The van der Waals surface area contributed by atoms with Gasteiger partial charge in [-0.1, -0.05) is 40.9 Å². The first kappa shape index (κ1) is 15.3. The lowest BCUT2D eigenvalue weighted by molar-refractivity contribution is 0.0473. The summed E-state index contributed by atoms with van der Waals surface area (Å²) in [5.74, 6) is 0.407. The Kier molecular flexibility index (Phi) is 4.34. The molecule has 1 aliphatic heterocycles. The minimum atomic E-state index is -0.607. The Bertz CT molecular complexity index is 726. The van der Waals surface area contributed by atoms with Crippen molar-refractivity contribution >= 4 is 40.8 Å². The first-order valence-corrected chi connectivity index (χ1v) is 7.39. The molecule has 1 heterocycles.